The van der Waals surface area contributed by atoms with Gasteiger partial charge in [0.25, 0.3) is 0 Å². The first-order valence-corrected chi connectivity index (χ1v) is 8.86. The maximum absolute atomic E-state index is 13.2. The van der Waals surface area contributed by atoms with Gasteiger partial charge in [0, 0.05) is 33.1 Å². The van der Waals surface area contributed by atoms with Crippen LogP contribution in [0.4, 0.5) is 0 Å². The average molecular weight is 307 g/mol. The Bertz CT molecular complexity index is 440. The Morgan fingerprint density at radius 1 is 1.27 bits per heavy atom. The molecule has 0 aromatic carbocycles. The van der Waals surface area contributed by atoms with Gasteiger partial charge in [-0.1, -0.05) is 12.8 Å². The molecule has 2 saturated heterocycles. The molecule has 3 fully saturated rings. The van der Waals surface area contributed by atoms with Gasteiger partial charge in [-0.2, -0.15) is 0 Å². The van der Waals surface area contributed by atoms with Crippen molar-refractivity contribution in [3.63, 3.8) is 0 Å². The minimum atomic E-state index is -0.131. The maximum atomic E-state index is 13.2. The molecular weight excluding hydrogens is 278 g/mol. The molecule has 3 aliphatic rings. The van der Waals surface area contributed by atoms with E-state index in [9.17, 15) is 9.59 Å². The normalized spacial score (nSPS) is 35.0. The Kier molecular flexibility index (Phi) is 4.71. The van der Waals surface area contributed by atoms with Crippen LogP contribution in [0.1, 0.15) is 45.4 Å². The maximum Gasteiger partial charge on any atom is 0.230 e. The Labute approximate surface area is 133 Å². The largest absolute Gasteiger partial charge is 0.356 e. The van der Waals surface area contributed by atoms with Crippen LogP contribution in [0.15, 0.2) is 0 Å². The lowest BCUT2D eigenvalue weighted by Gasteiger charge is -2.43. The van der Waals surface area contributed by atoms with Crippen molar-refractivity contribution in [2.45, 2.75) is 45.4 Å². The van der Waals surface area contributed by atoms with Gasteiger partial charge < -0.3 is 15.5 Å². The Morgan fingerprint density at radius 3 is 2.95 bits per heavy atom. The van der Waals surface area contributed by atoms with Crippen molar-refractivity contribution in [1.29, 1.82) is 0 Å². The van der Waals surface area contributed by atoms with Crippen molar-refractivity contribution < 1.29 is 9.59 Å². The molecule has 0 radical (unpaired) electrons. The number of piperidine rings is 1. The van der Waals surface area contributed by atoms with Crippen molar-refractivity contribution in [1.82, 2.24) is 15.5 Å². The second kappa shape index (κ2) is 6.57. The van der Waals surface area contributed by atoms with Gasteiger partial charge in [-0.25, -0.2) is 0 Å². The van der Waals surface area contributed by atoms with Gasteiger partial charge in [0.15, 0.2) is 0 Å². The predicted molar refractivity (Wildman–Crippen MR) is 85.2 cm³/mol. The first kappa shape index (κ1) is 15.8. The number of hydrogen-bond donors (Lipinski definition) is 2. The number of hydrogen-bond acceptors (Lipinski definition) is 3. The summed E-state index contributed by atoms with van der Waals surface area (Å²) in [5, 5.41) is 6.38. The number of carbonyl (C=O) groups excluding carboxylic acids is 2. The van der Waals surface area contributed by atoms with Crippen LogP contribution in [-0.2, 0) is 9.59 Å². The van der Waals surface area contributed by atoms with Crippen LogP contribution in [0.3, 0.4) is 0 Å². The standard InChI is InChI=1S/C17H29N3O2/c1-13(21)19-9-14-5-4-8-20(11-14)16(22)17-7-3-2-6-15(17)10-18-12-17/h14-15,18H,2-12H2,1H3,(H,19,21)/t14?,15-,17+/m0/s1. The molecule has 0 bridgehead atoms. The average Bonchev–Trinajstić information content (AvgIpc) is 2.97. The number of carbonyl (C=O) groups is 2. The van der Waals surface area contributed by atoms with Crippen LogP contribution >= 0.6 is 0 Å². The third-order valence-electron chi connectivity index (χ3n) is 5.91. The van der Waals surface area contributed by atoms with E-state index < -0.39 is 0 Å². The van der Waals surface area contributed by atoms with Crippen molar-refractivity contribution in [2.24, 2.45) is 17.3 Å². The first-order valence-electron chi connectivity index (χ1n) is 8.86. The van der Waals surface area contributed by atoms with Gasteiger partial charge >= 0.3 is 0 Å². The smallest absolute Gasteiger partial charge is 0.230 e. The molecule has 5 nitrogen and oxygen atoms in total. The zero-order valence-corrected chi connectivity index (χ0v) is 13.7. The van der Waals surface area contributed by atoms with Gasteiger partial charge in [-0.05, 0) is 44.1 Å². The van der Waals surface area contributed by atoms with Crippen molar-refractivity contribution >= 4 is 11.8 Å². The highest BCUT2D eigenvalue weighted by Crippen LogP contribution is 2.45. The number of fused-ring (bicyclic) bond motifs is 1. The molecule has 124 valence electrons. The minimum Gasteiger partial charge on any atom is -0.356 e. The Balaban J connectivity index is 1.65. The molecule has 2 N–H and O–H groups in total. The summed E-state index contributed by atoms with van der Waals surface area (Å²) in [6.45, 7) is 5.84. The zero-order valence-electron chi connectivity index (χ0n) is 13.7. The quantitative estimate of drug-likeness (QED) is 0.822. The molecule has 5 heteroatoms. The van der Waals surface area contributed by atoms with Crippen LogP contribution in [0.5, 0.6) is 0 Å². The molecule has 2 heterocycles. The summed E-state index contributed by atoms with van der Waals surface area (Å²) >= 11 is 0. The zero-order chi connectivity index (χ0) is 15.6. The molecule has 0 spiro atoms. The molecule has 2 amide bonds. The second-order valence-corrected chi connectivity index (χ2v) is 7.43. The summed E-state index contributed by atoms with van der Waals surface area (Å²) in [5.74, 6) is 1.35. The molecule has 0 aromatic rings. The second-order valence-electron chi connectivity index (χ2n) is 7.43. The highest BCUT2D eigenvalue weighted by atomic mass is 16.2. The summed E-state index contributed by atoms with van der Waals surface area (Å²) in [5.41, 5.74) is -0.131. The van der Waals surface area contributed by atoms with E-state index in [2.05, 4.69) is 15.5 Å². The van der Waals surface area contributed by atoms with Crippen molar-refractivity contribution in [3.05, 3.63) is 0 Å². The summed E-state index contributed by atoms with van der Waals surface area (Å²) in [6.07, 6.45) is 6.88. The molecule has 2 aliphatic heterocycles. The van der Waals surface area contributed by atoms with E-state index in [-0.39, 0.29) is 11.3 Å². The molecule has 0 aromatic heterocycles. The highest BCUT2D eigenvalue weighted by molar-refractivity contribution is 5.84. The SMILES string of the molecule is CC(=O)NCC1CCCN(C(=O)[C@@]23CCCC[C@H]2CNC3)C1. The number of rotatable bonds is 3. The van der Waals surface area contributed by atoms with Crippen LogP contribution in [0.2, 0.25) is 0 Å². The topological polar surface area (TPSA) is 61.4 Å². The summed E-state index contributed by atoms with van der Waals surface area (Å²) in [4.78, 5) is 26.4. The van der Waals surface area contributed by atoms with E-state index in [1.54, 1.807) is 6.92 Å². The Morgan fingerprint density at radius 2 is 2.14 bits per heavy atom. The van der Waals surface area contributed by atoms with Crippen molar-refractivity contribution in [2.75, 3.05) is 32.7 Å². The third-order valence-corrected chi connectivity index (χ3v) is 5.91. The Hall–Kier alpha value is -1.10. The predicted octanol–water partition coefficient (Wildman–Crippen LogP) is 1.14. The van der Waals surface area contributed by atoms with Gasteiger partial charge in [0.1, 0.15) is 0 Å². The summed E-state index contributed by atoms with van der Waals surface area (Å²) < 4.78 is 0. The molecule has 3 atom stereocenters. The molecule has 1 saturated carbocycles. The summed E-state index contributed by atoms with van der Waals surface area (Å²) in [6, 6.07) is 0. The van der Waals surface area contributed by atoms with Crippen molar-refractivity contribution in [3.8, 4) is 0 Å². The van der Waals surface area contributed by atoms with E-state index >= 15 is 0 Å². The van der Waals surface area contributed by atoms with Crippen LogP contribution in [0, 0.1) is 17.3 Å². The number of amides is 2. The fraction of sp³-hybridized carbons (Fsp3) is 0.882. The third kappa shape index (κ3) is 3.00. The van der Waals surface area contributed by atoms with E-state index in [4.69, 9.17) is 0 Å². The van der Waals surface area contributed by atoms with Gasteiger partial charge in [-0.3, -0.25) is 9.59 Å². The molecular formula is C17H29N3O2. The van der Waals surface area contributed by atoms with E-state index in [1.807, 2.05) is 0 Å². The van der Waals surface area contributed by atoms with E-state index in [0.717, 1.165) is 45.4 Å². The molecule has 1 aliphatic carbocycles. The lowest BCUT2D eigenvalue weighted by molar-refractivity contribution is -0.147. The van der Waals surface area contributed by atoms with Gasteiger partial charge in [0.2, 0.25) is 11.8 Å². The fourth-order valence-electron chi connectivity index (χ4n) is 4.69. The molecule has 1 unspecified atom stereocenters. The van der Waals surface area contributed by atoms with Crippen LogP contribution in [0.25, 0.3) is 0 Å². The number of nitrogens with zero attached hydrogens (tertiary/aromatic N) is 1. The first-order chi connectivity index (χ1) is 10.6. The van der Waals surface area contributed by atoms with Crippen LogP contribution in [-0.4, -0.2) is 49.4 Å². The number of likely N-dealkylation sites (tertiary alicyclic amines) is 1. The van der Waals surface area contributed by atoms with E-state index in [1.165, 1.54) is 19.3 Å². The lowest BCUT2D eigenvalue weighted by Crippen LogP contribution is -2.53. The molecule has 3 rings (SSSR count). The van der Waals surface area contributed by atoms with Gasteiger partial charge in [0.05, 0.1) is 5.41 Å². The highest BCUT2D eigenvalue weighted by Gasteiger charge is 2.51. The van der Waals surface area contributed by atoms with Gasteiger partial charge in [-0.15, -0.1) is 0 Å². The monoisotopic (exact) mass is 307 g/mol. The minimum absolute atomic E-state index is 0.0226. The van der Waals surface area contributed by atoms with Crippen LogP contribution < -0.4 is 10.6 Å². The van der Waals surface area contributed by atoms with E-state index in [0.29, 0.717) is 24.3 Å². The lowest BCUT2D eigenvalue weighted by atomic mass is 9.67. The molecule has 22 heavy (non-hydrogen) atoms. The fourth-order valence-corrected chi connectivity index (χ4v) is 4.69. The number of nitrogens with one attached hydrogen (secondary N) is 2. The summed E-state index contributed by atoms with van der Waals surface area (Å²) in [7, 11) is 0.